The Hall–Kier alpha value is -4.57. The van der Waals surface area contributed by atoms with E-state index >= 15 is 0 Å². The van der Waals surface area contributed by atoms with E-state index in [2.05, 4.69) is 15.5 Å². The number of carbonyl (C=O) groups excluding carboxylic acids is 3. The van der Waals surface area contributed by atoms with Gasteiger partial charge >= 0.3 is 18.0 Å². The maximum atomic E-state index is 14.3. The van der Waals surface area contributed by atoms with Gasteiger partial charge in [-0.25, -0.2) is 13.6 Å². The highest BCUT2D eigenvalue weighted by Crippen LogP contribution is 2.30. The number of amides is 1. The van der Waals surface area contributed by atoms with Gasteiger partial charge in [-0.05, 0) is 134 Å². The zero-order chi connectivity index (χ0) is 45.9. The summed E-state index contributed by atoms with van der Waals surface area (Å²) in [5, 5.41) is 22.4. The van der Waals surface area contributed by atoms with Crippen molar-refractivity contribution in [2.75, 3.05) is 26.3 Å². The van der Waals surface area contributed by atoms with Crippen molar-refractivity contribution in [3.8, 4) is 0 Å². The molecular formula is C48H64Cl2F2N6O7. The van der Waals surface area contributed by atoms with Crippen LogP contribution in [0.5, 0.6) is 0 Å². The average Bonchev–Trinajstić information content (AvgIpc) is 3.77. The van der Waals surface area contributed by atoms with Gasteiger partial charge in [-0.15, -0.1) is 0 Å². The molecule has 0 spiro atoms. The van der Waals surface area contributed by atoms with Crippen molar-refractivity contribution in [3.63, 3.8) is 0 Å². The summed E-state index contributed by atoms with van der Waals surface area (Å²) < 4.78 is 47.6. The number of aromatic nitrogens is 4. The summed E-state index contributed by atoms with van der Waals surface area (Å²) in [6, 6.07) is 9.38. The monoisotopic (exact) mass is 944 g/mol. The molecule has 8 rings (SSSR count). The molecule has 2 fully saturated rings. The SMILES string of the molecule is C.CCOC(=O)C1CCC(O)CC1.CCOC(=O)C1CCC(OC(=O)N2CCc3c(C)nn(Cc4ccc(Cl)cc4F)c3C2)CC1.Cc1nn(Cc2ccc(Cl)cc2F)c2c1CCNC2. The number of benzene rings is 2. The van der Waals surface area contributed by atoms with Crippen LogP contribution in [-0.4, -0.2) is 86.1 Å². The molecule has 4 aromatic rings. The number of aliphatic hydroxyl groups excluding tert-OH is 1. The molecule has 2 saturated carbocycles. The van der Waals surface area contributed by atoms with Crippen LogP contribution in [-0.2, 0) is 62.8 Å². The number of esters is 2. The lowest BCUT2D eigenvalue weighted by Crippen LogP contribution is -2.40. The van der Waals surface area contributed by atoms with Crippen LogP contribution in [0.1, 0.15) is 118 Å². The average molecular weight is 946 g/mol. The van der Waals surface area contributed by atoms with Crippen molar-refractivity contribution in [2.45, 2.75) is 138 Å². The predicted octanol–water partition coefficient (Wildman–Crippen LogP) is 9.06. The van der Waals surface area contributed by atoms with Crippen molar-refractivity contribution in [3.05, 3.63) is 103 Å². The first kappa shape index (κ1) is 51.4. The Labute approximate surface area is 391 Å². The first-order valence-electron chi connectivity index (χ1n) is 22.4. The molecule has 13 nitrogen and oxygen atoms in total. The molecule has 17 heteroatoms. The fourth-order valence-electron chi connectivity index (χ4n) is 8.79. The number of carbonyl (C=O) groups is 3. The molecular weight excluding hydrogens is 881 g/mol. The van der Waals surface area contributed by atoms with Crippen molar-refractivity contribution >= 4 is 41.2 Å². The summed E-state index contributed by atoms with van der Waals surface area (Å²) in [6.45, 7) is 11.8. The lowest BCUT2D eigenvalue weighted by atomic mass is 9.87. The van der Waals surface area contributed by atoms with E-state index in [4.69, 9.17) is 37.4 Å². The molecule has 1 amide bonds. The number of fused-ring (bicyclic) bond motifs is 2. The molecule has 0 unspecified atom stereocenters. The van der Waals surface area contributed by atoms with Crippen molar-refractivity contribution in [1.29, 1.82) is 0 Å². The second kappa shape index (κ2) is 24.3. The van der Waals surface area contributed by atoms with Crippen LogP contribution in [0.15, 0.2) is 36.4 Å². The fourth-order valence-corrected chi connectivity index (χ4v) is 9.11. The maximum absolute atomic E-state index is 14.3. The number of halogens is 4. The third-order valence-corrected chi connectivity index (χ3v) is 12.8. The lowest BCUT2D eigenvalue weighted by Gasteiger charge is -2.31. The Morgan fingerprint density at radius 3 is 1.75 bits per heavy atom. The van der Waals surface area contributed by atoms with Gasteiger partial charge in [0.1, 0.15) is 17.7 Å². The fraction of sp³-hybridized carbons (Fsp3) is 0.562. The molecule has 356 valence electrons. The number of rotatable bonds is 9. The highest BCUT2D eigenvalue weighted by atomic mass is 35.5. The summed E-state index contributed by atoms with van der Waals surface area (Å²) in [7, 11) is 0. The Morgan fingerprint density at radius 2 is 1.25 bits per heavy atom. The smallest absolute Gasteiger partial charge is 0.410 e. The second-order valence-electron chi connectivity index (χ2n) is 16.8. The van der Waals surface area contributed by atoms with Gasteiger partial charge in [-0.2, -0.15) is 10.2 Å². The molecule has 4 heterocycles. The summed E-state index contributed by atoms with van der Waals surface area (Å²) in [5.41, 5.74) is 7.50. The van der Waals surface area contributed by atoms with E-state index in [0.717, 1.165) is 73.5 Å². The predicted molar refractivity (Wildman–Crippen MR) is 245 cm³/mol. The molecule has 2 aromatic carbocycles. The van der Waals surface area contributed by atoms with E-state index < -0.39 is 0 Å². The van der Waals surface area contributed by atoms with Gasteiger partial charge < -0.3 is 29.5 Å². The van der Waals surface area contributed by atoms with Gasteiger partial charge in [0.2, 0.25) is 0 Å². The zero-order valence-electron chi connectivity index (χ0n) is 37.1. The van der Waals surface area contributed by atoms with Gasteiger partial charge in [0.25, 0.3) is 0 Å². The van der Waals surface area contributed by atoms with Crippen molar-refractivity contribution in [1.82, 2.24) is 29.8 Å². The van der Waals surface area contributed by atoms with E-state index in [9.17, 15) is 28.3 Å². The van der Waals surface area contributed by atoms with Crippen LogP contribution in [0.25, 0.3) is 0 Å². The molecule has 0 saturated heterocycles. The number of nitrogens with one attached hydrogen (secondary N) is 1. The van der Waals surface area contributed by atoms with Crippen LogP contribution in [0.4, 0.5) is 13.6 Å². The highest BCUT2D eigenvalue weighted by Gasteiger charge is 2.33. The van der Waals surface area contributed by atoms with Crippen LogP contribution in [0.3, 0.4) is 0 Å². The third kappa shape index (κ3) is 13.7. The van der Waals surface area contributed by atoms with Gasteiger partial charge in [0.15, 0.2) is 0 Å². The molecule has 2 N–H and O–H groups in total. The molecule has 2 aliphatic heterocycles. The quantitative estimate of drug-likeness (QED) is 0.123. The van der Waals surface area contributed by atoms with Gasteiger partial charge in [-0.3, -0.25) is 19.0 Å². The largest absolute Gasteiger partial charge is 0.466 e. The number of nitrogens with zero attached hydrogens (tertiary/aromatic N) is 5. The molecule has 0 radical (unpaired) electrons. The number of ether oxygens (including phenoxy) is 3. The standard InChI is InChI=1S/C24H29ClFN3O4.C14H15ClFN3.C9H16O3.CH4/c1-3-32-23(30)16-5-8-19(9-6-16)33-24(31)28-11-10-20-15(2)27-29(22(20)14-28)13-17-4-7-18(25)12-21(17)26;1-9-12-4-5-17-7-14(12)19(18-9)8-10-2-3-11(15)6-13(10)16;1-2-12-9(11)7-3-5-8(10)6-4-7;/h4,7,12,16,19H,3,5-6,8-11,13-14H2,1-2H3;2-3,6,17H,4-5,7-8H2,1H3;7-8,10H,2-6H2,1H3;1H4. The first-order chi connectivity index (χ1) is 30.7. The molecule has 0 atom stereocenters. The minimum atomic E-state index is -0.380. The summed E-state index contributed by atoms with van der Waals surface area (Å²) in [6.07, 6.45) is 6.59. The van der Waals surface area contributed by atoms with E-state index in [1.807, 2.05) is 25.5 Å². The molecule has 4 aliphatic rings. The number of aliphatic hydroxyl groups is 1. The lowest BCUT2D eigenvalue weighted by molar-refractivity contribution is -0.150. The summed E-state index contributed by atoms with van der Waals surface area (Å²) in [4.78, 5) is 37.7. The molecule has 2 aliphatic carbocycles. The van der Waals surface area contributed by atoms with Crippen molar-refractivity contribution in [2.24, 2.45) is 11.8 Å². The number of hydrogen-bond donors (Lipinski definition) is 2. The second-order valence-corrected chi connectivity index (χ2v) is 17.6. The van der Waals surface area contributed by atoms with E-state index in [1.54, 1.807) is 40.8 Å². The third-order valence-electron chi connectivity index (χ3n) is 12.4. The van der Waals surface area contributed by atoms with Crippen molar-refractivity contribution < 1.29 is 42.5 Å². The molecule has 65 heavy (non-hydrogen) atoms. The maximum Gasteiger partial charge on any atom is 0.410 e. The number of hydrogen-bond acceptors (Lipinski definition) is 10. The van der Waals surface area contributed by atoms with E-state index in [1.165, 1.54) is 17.7 Å². The summed E-state index contributed by atoms with van der Waals surface area (Å²) >= 11 is 11.6. The Kier molecular flexibility index (Phi) is 19.2. The number of aryl methyl sites for hydroxylation is 2. The normalized spacial score (nSPS) is 20.0. The van der Waals surface area contributed by atoms with Crippen LogP contribution < -0.4 is 5.32 Å². The van der Waals surface area contributed by atoms with Crippen LogP contribution in [0.2, 0.25) is 10.0 Å². The Bertz CT molecular complexity index is 2240. The van der Waals surface area contributed by atoms with Crippen LogP contribution in [0, 0.1) is 37.3 Å². The van der Waals surface area contributed by atoms with Crippen LogP contribution >= 0.6 is 23.2 Å². The summed E-state index contributed by atoms with van der Waals surface area (Å²) in [5.74, 6) is -0.986. The van der Waals surface area contributed by atoms with Gasteiger partial charge in [-0.1, -0.05) is 42.8 Å². The first-order valence-corrected chi connectivity index (χ1v) is 23.2. The van der Waals surface area contributed by atoms with Gasteiger partial charge in [0, 0.05) is 34.3 Å². The molecule has 2 aromatic heterocycles. The van der Waals surface area contributed by atoms with E-state index in [0.29, 0.717) is 86.1 Å². The topological polar surface area (TPSA) is 150 Å². The minimum Gasteiger partial charge on any atom is -0.466 e. The van der Waals surface area contributed by atoms with E-state index in [-0.39, 0.29) is 67.7 Å². The zero-order valence-corrected chi connectivity index (χ0v) is 38.7. The minimum absolute atomic E-state index is 0. The highest BCUT2D eigenvalue weighted by molar-refractivity contribution is 6.30. The Morgan fingerprint density at radius 1 is 0.754 bits per heavy atom. The molecule has 0 bridgehead atoms. The van der Waals surface area contributed by atoms with Gasteiger partial charge in [0.05, 0.1) is 73.6 Å². The Balaban J connectivity index is 0.000000208.